The standard InChI is InChI=1S/C17H18F3N3/c18-17(19,20)13-4-5-16(23-10-2-1-3-11-23)15(12-13)22-14-6-8-21-9-7-14/h4-9,12H,1-3,10-11H2,(H,21,22). The molecule has 1 fully saturated rings. The summed E-state index contributed by atoms with van der Waals surface area (Å²) in [6.07, 6.45) is 2.16. The molecular weight excluding hydrogens is 303 g/mol. The summed E-state index contributed by atoms with van der Waals surface area (Å²) in [5, 5.41) is 3.10. The lowest BCUT2D eigenvalue weighted by Crippen LogP contribution is -2.30. The van der Waals surface area contributed by atoms with Gasteiger partial charge in [-0.15, -0.1) is 0 Å². The smallest absolute Gasteiger partial charge is 0.370 e. The van der Waals surface area contributed by atoms with E-state index in [1.165, 1.54) is 12.5 Å². The van der Waals surface area contributed by atoms with E-state index >= 15 is 0 Å². The molecule has 1 aliphatic rings. The SMILES string of the molecule is FC(F)(F)c1ccc(N2CCCCC2)c(Nc2ccncc2)c1. The van der Waals surface area contributed by atoms with Crippen LogP contribution in [-0.2, 0) is 6.18 Å². The van der Waals surface area contributed by atoms with E-state index in [1.54, 1.807) is 30.6 Å². The van der Waals surface area contributed by atoms with Crippen LogP contribution in [0.15, 0.2) is 42.7 Å². The first-order valence-electron chi connectivity index (χ1n) is 7.67. The van der Waals surface area contributed by atoms with Gasteiger partial charge in [0, 0.05) is 31.2 Å². The number of nitrogens with one attached hydrogen (secondary N) is 1. The Morgan fingerprint density at radius 1 is 0.957 bits per heavy atom. The van der Waals surface area contributed by atoms with Crippen molar-refractivity contribution in [1.29, 1.82) is 0 Å². The summed E-state index contributed by atoms with van der Waals surface area (Å²) in [5.74, 6) is 0. The van der Waals surface area contributed by atoms with Gasteiger partial charge in [0.25, 0.3) is 0 Å². The monoisotopic (exact) mass is 321 g/mol. The van der Waals surface area contributed by atoms with Crippen LogP contribution in [0.4, 0.5) is 30.2 Å². The fraction of sp³-hybridized carbons (Fsp3) is 0.353. The number of hydrogen-bond donors (Lipinski definition) is 1. The van der Waals surface area contributed by atoms with E-state index in [0.717, 1.165) is 43.4 Å². The van der Waals surface area contributed by atoms with Crippen LogP contribution in [-0.4, -0.2) is 18.1 Å². The Labute approximate surface area is 133 Å². The van der Waals surface area contributed by atoms with Crippen molar-refractivity contribution in [3.8, 4) is 0 Å². The fourth-order valence-electron chi connectivity index (χ4n) is 2.81. The van der Waals surface area contributed by atoms with Crippen molar-refractivity contribution >= 4 is 17.1 Å². The summed E-state index contributed by atoms with van der Waals surface area (Å²) >= 11 is 0. The van der Waals surface area contributed by atoms with Crippen molar-refractivity contribution in [3.05, 3.63) is 48.3 Å². The van der Waals surface area contributed by atoms with E-state index < -0.39 is 11.7 Å². The molecule has 1 aromatic carbocycles. The maximum Gasteiger partial charge on any atom is 0.416 e. The minimum Gasteiger partial charge on any atom is -0.370 e. The molecule has 23 heavy (non-hydrogen) atoms. The van der Waals surface area contributed by atoms with Crippen molar-refractivity contribution in [2.24, 2.45) is 0 Å². The van der Waals surface area contributed by atoms with Crippen molar-refractivity contribution in [3.63, 3.8) is 0 Å². The molecule has 1 N–H and O–H groups in total. The Morgan fingerprint density at radius 3 is 2.30 bits per heavy atom. The number of pyridine rings is 1. The zero-order valence-electron chi connectivity index (χ0n) is 12.6. The molecule has 0 bridgehead atoms. The normalized spacial score (nSPS) is 15.5. The molecular formula is C17H18F3N3. The zero-order chi connectivity index (χ0) is 16.3. The molecule has 0 aliphatic carbocycles. The minimum absolute atomic E-state index is 0.480. The average Bonchev–Trinajstić information content (AvgIpc) is 2.56. The van der Waals surface area contributed by atoms with Crippen LogP contribution in [0.25, 0.3) is 0 Å². The molecule has 1 aromatic heterocycles. The van der Waals surface area contributed by atoms with Gasteiger partial charge in [-0.3, -0.25) is 4.98 Å². The van der Waals surface area contributed by atoms with Gasteiger partial charge in [-0.05, 0) is 49.6 Å². The molecule has 2 heterocycles. The number of hydrogen-bond acceptors (Lipinski definition) is 3. The number of alkyl halides is 3. The third kappa shape index (κ3) is 3.75. The number of halogens is 3. The van der Waals surface area contributed by atoms with E-state index in [0.29, 0.717) is 5.69 Å². The van der Waals surface area contributed by atoms with Gasteiger partial charge in [-0.1, -0.05) is 0 Å². The molecule has 3 rings (SSSR count). The summed E-state index contributed by atoms with van der Waals surface area (Å²) in [4.78, 5) is 6.07. The van der Waals surface area contributed by atoms with Gasteiger partial charge in [0.05, 0.1) is 16.9 Å². The maximum absolute atomic E-state index is 13.0. The molecule has 0 spiro atoms. The number of rotatable bonds is 3. The Bertz CT molecular complexity index is 650. The minimum atomic E-state index is -4.35. The van der Waals surface area contributed by atoms with Gasteiger partial charge >= 0.3 is 6.18 Å². The summed E-state index contributed by atoms with van der Waals surface area (Å²) in [5.41, 5.74) is 1.37. The molecule has 2 aromatic rings. The number of aromatic nitrogens is 1. The van der Waals surface area contributed by atoms with Crippen molar-refractivity contribution in [2.45, 2.75) is 25.4 Å². The van der Waals surface area contributed by atoms with E-state index in [2.05, 4.69) is 15.2 Å². The van der Waals surface area contributed by atoms with Gasteiger partial charge in [-0.25, -0.2) is 0 Å². The quantitative estimate of drug-likeness (QED) is 0.877. The van der Waals surface area contributed by atoms with E-state index in [1.807, 2.05) is 0 Å². The highest BCUT2D eigenvalue weighted by atomic mass is 19.4. The molecule has 1 aliphatic heterocycles. The van der Waals surface area contributed by atoms with Crippen molar-refractivity contribution in [2.75, 3.05) is 23.3 Å². The third-order valence-electron chi connectivity index (χ3n) is 3.98. The Balaban J connectivity index is 1.97. The lowest BCUT2D eigenvalue weighted by molar-refractivity contribution is -0.137. The lowest BCUT2D eigenvalue weighted by Gasteiger charge is -2.31. The highest BCUT2D eigenvalue weighted by Crippen LogP contribution is 2.37. The highest BCUT2D eigenvalue weighted by Gasteiger charge is 2.31. The van der Waals surface area contributed by atoms with Crippen LogP contribution < -0.4 is 10.2 Å². The second-order valence-corrected chi connectivity index (χ2v) is 5.64. The molecule has 0 radical (unpaired) electrons. The third-order valence-corrected chi connectivity index (χ3v) is 3.98. The molecule has 122 valence electrons. The first-order chi connectivity index (χ1) is 11.0. The first-order valence-corrected chi connectivity index (χ1v) is 7.67. The van der Waals surface area contributed by atoms with Gasteiger partial charge in [0.2, 0.25) is 0 Å². The first kappa shape index (κ1) is 15.6. The lowest BCUT2D eigenvalue weighted by atomic mass is 10.1. The largest absolute Gasteiger partial charge is 0.416 e. The summed E-state index contributed by atoms with van der Waals surface area (Å²) in [6.45, 7) is 1.74. The Hall–Kier alpha value is -2.24. The number of nitrogens with zero attached hydrogens (tertiary/aromatic N) is 2. The van der Waals surface area contributed by atoms with Crippen LogP contribution in [0.1, 0.15) is 24.8 Å². The summed E-state index contributed by atoms with van der Waals surface area (Å²) in [7, 11) is 0. The van der Waals surface area contributed by atoms with Crippen LogP contribution in [0.3, 0.4) is 0 Å². The van der Waals surface area contributed by atoms with E-state index in [4.69, 9.17) is 0 Å². The Morgan fingerprint density at radius 2 is 1.65 bits per heavy atom. The number of piperidine rings is 1. The molecule has 0 saturated carbocycles. The fourth-order valence-corrected chi connectivity index (χ4v) is 2.81. The maximum atomic E-state index is 13.0. The predicted octanol–water partition coefficient (Wildman–Crippen LogP) is 4.83. The predicted molar refractivity (Wildman–Crippen MR) is 85.0 cm³/mol. The molecule has 1 saturated heterocycles. The number of anilines is 3. The second-order valence-electron chi connectivity index (χ2n) is 5.64. The molecule has 0 atom stereocenters. The van der Waals surface area contributed by atoms with Crippen LogP contribution in [0.5, 0.6) is 0 Å². The van der Waals surface area contributed by atoms with Gasteiger partial charge in [-0.2, -0.15) is 13.2 Å². The van der Waals surface area contributed by atoms with E-state index in [-0.39, 0.29) is 0 Å². The topological polar surface area (TPSA) is 28.2 Å². The van der Waals surface area contributed by atoms with Crippen LogP contribution in [0, 0.1) is 0 Å². The van der Waals surface area contributed by atoms with E-state index in [9.17, 15) is 13.2 Å². The number of benzene rings is 1. The molecule has 6 heteroatoms. The zero-order valence-corrected chi connectivity index (χ0v) is 12.6. The molecule has 0 amide bonds. The summed E-state index contributed by atoms with van der Waals surface area (Å²) < 4.78 is 39.1. The van der Waals surface area contributed by atoms with Crippen molar-refractivity contribution < 1.29 is 13.2 Å². The van der Waals surface area contributed by atoms with Crippen LogP contribution >= 0.6 is 0 Å². The molecule has 0 unspecified atom stereocenters. The average molecular weight is 321 g/mol. The molecule has 3 nitrogen and oxygen atoms in total. The van der Waals surface area contributed by atoms with Crippen LogP contribution in [0.2, 0.25) is 0 Å². The van der Waals surface area contributed by atoms with Crippen molar-refractivity contribution in [1.82, 2.24) is 4.98 Å². The van der Waals surface area contributed by atoms with Gasteiger partial charge in [0.1, 0.15) is 0 Å². The second kappa shape index (κ2) is 6.48. The summed E-state index contributed by atoms with van der Waals surface area (Å²) in [6, 6.07) is 7.38. The Kier molecular flexibility index (Phi) is 4.41. The van der Waals surface area contributed by atoms with Gasteiger partial charge < -0.3 is 10.2 Å². The highest BCUT2D eigenvalue weighted by molar-refractivity contribution is 5.76. The van der Waals surface area contributed by atoms with Gasteiger partial charge in [0.15, 0.2) is 0 Å².